The summed E-state index contributed by atoms with van der Waals surface area (Å²) < 4.78 is 11.9. The van der Waals surface area contributed by atoms with Crippen LogP contribution in [-0.2, 0) is 24.8 Å². The maximum atomic E-state index is 10.4. The zero-order chi connectivity index (χ0) is 23.4. The Kier molecular flexibility index (Phi) is 6.35. The molecule has 0 spiro atoms. The number of aromatic nitrogens is 2. The van der Waals surface area contributed by atoms with Gasteiger partial charge in [0.15, 0.2) is 11.5 Å². The summed E-state index contributed by atoms with van der Waals surface area (Å²) in [6.07, 6.45) is 8.37. The number of nitrogens with one attached hydrogen (secondary N) is 1. The molecule has 1 aromatic heterocycles. The molecule has 6 heteroatoms. The number of nitriles is 1. The summed E-state index contributed by atoms with van der Waals surface area (Å²) in [5.41, 5.74) is 3.53. The Hall–Kier alpha value is -3.59. The molecule has 34 heavy (non-hydrogen) atoms. The van der Waals surface area contributed by atoms with Crippen LogP contribution in [0.15, 0.2) is 54.9 Å². The maximum absolute atomic E-state index is 10.4. The number of nitrogens with zero attached hydrogens (tertiary/aromatic N) is 3. The third-order valence-electron chi connectivity index (χ3n) is 7.13. The molecular weight excluding hydrogens is 424 g/mol. The van der Waals surface area contributed by atoms with E-state index in [9.17, 15) is 5.26 Å². The van der Waals surface area contributed by atoms with Crippen molar-refractivity contribution in [2.75, 3.05) is 12.4 Å². The molecule has 0 bridgehead atoms. The molecule has 1 N–H and O–H groups in total. The van der Waals surface area contributed by atoms with E-state index in [0.717, 1.165) is 47.7 Å². The lowest BCUT2D eigenvalue weighted by Crippen LogP contribution is -2.33. The Bertz CT molecular complexity index is 1180. The second kappa shape index (κ2) is 9.72. The number of methoxy groups -OCH3 is 1. The van der Waals surface area contributed by atoms with Gasteiger partial charge in [0.2, 0.25) is 0 Å². The maximum Gasteiger partial charge on any atom is 0.161 e. The predicted octanol–water partition coefficient (Wildman–Crippen LogP) is 5.37. The molecule has 0 radical (unpaired) electrons. The molecule has 2 aliphatic carbocycles. The molecule has 174 valence electrons. The highest BCUT2D eigenvalue weighted by Crippen LogP contribution is 2.43. The first kappa shape index (κ1) is 22.2. The summed E-state index contributed by atoms with van der Waals surface area (Å²) in [6, 6.07) is 18.9. The predicted molar refractivity (Wildman–Crippen MR) is 131 cm³/mol. The van der Waals surface area contributed by atoms with Crippen molar-refractivity contribution in [1.82, 2.24) is 9.97 Å². The highest BCUT2D eigenvalue weighted by Gasteiger charge is 2.39. The number of ether oxygens (including phenoxy) is 2. The van der Waals surface area contributed by atoms with E-state index in [2.05, 4.69) is 33.5 Å². The van der Waals surface area contributed by atoms with E-state index in [1.165, 1.54) is 18.4 Å². The van der Waals surface area contributed by atoms with Crippen LogP contribution in [0.4, 0.5) is 5.82 Å². The summed E-state index contributed by atoms with van der Waals surface area (Å²) in [7, 11) is 1.66. The summed E-state index contributed by atoms with van der Waals surface area (Å²) in [4.78, 5) is 9.07. The summed E-state index contributed by atoms with van der Waals surface area (Å²) in [5.74, 6) is 2.26. The molecule has 1 fully saturated rings. The molecule has 3 aromatic rings. The molecule has 0 amide bonds. The number of rotatable bonds is 7. The van der Waals surface area contributed by atoms with Crippen molar-refractivity contribution in [2.24, 2.45) is 0 Å². The van der Waals surface area contributed by atoms with Crippen LogP contribution in [0.1, 0.15) is 54.5 Å². The Morgan fingerprint density at radius 2 is 1.91 bits per heavy atom. The van der Waals surface area contributed by atoms with Gasteiger partial charge in [-0.25, -0.2) is 9.97 Å². The minimum absolute atomic E-state index is 0.219. The van der Waals surface area contributed by atoms with Gasteiger partial charge in [-0.05, 0) is 61.8 Å². The van der Waals surface area contributed by atoms with E-state index >= 15 is 0 Å². The lowest BCUT2D eigenvalue weighted by Gasteiger charge is -2.33. The molecule has 0 aliphatic heterocycles. The minimum atomic E-state index is -0.666. The molecule has 2 aromatic carbocycles. The molecule has 1 unspecified atom stereocenters. The molecule has 1 atom stereocenters. The summed E-state index contributed by atoms with van der Waals surface area (Å²) in [6.45, 7) is 0.672. The van der Waals surface area contributed by atoms with E-state index in [1.54, 1.807) is 13.4 Å². The number of benzene rings is 2. The fourth-order valence-electron chi connectivity index (χ4n) is 5.16. The monoisotopic (exact) mass is 454 g/mol. The number of aryl methyl sites for hydroxylation is 1. The summed E-state index contributed by atoms with van der Waals surface area (Å²) >= 11 is 0. The number of hydrogen-bond acceptors (Lipinski definition) is 6. The first-order chi connectivity index (χ1) is 16.7. The Morgan fingerprint density at radius 1 is 1.09 bits per heavy atom. The van der Waals surface area contributed by atoms with Crippen LogP contribution >= 0.6 is 0 Å². The van der Waals surface area contributed by atoms with Crippen LogP contribution in [0.3, 0.4) is 0 Å². The SMILES string of the molecule is COc1ccc(C2(C#N)CCc3ncnc(NCc4ccccc4)c3C2)cc1OC1CCCC1. The number of anilines is 1. The smallest absolute Gasteiger partial charge is 0.161 e. The van der Waals surface area contributed by atoms with E-state index in [1.807, 2.05) is 36.4 Å². The van der Waals surface area contributed by atoms with Gasteiger partial charge < -0.3 is 14.8 Å². The van der Waals surface area contributed by atoms with Gasteiger partial charge in [0.05, 0.1) is 24.7 Å². The lowest BCUT2D eigenvalue weighted by atomic mass is 9.69. The van der Waals surface area contributed by atoms with Gasteiger partial charge in [-0.3, -0.25) is 0 Å². The van der Waals surface area contributed by atoms with E-state index in [4.69, 9.17) is 9.47 Å². The van der Waals surface area contributed by atoms with Crippen LogP contribution in [0, 0.1) is 11.3 Å². The van der Waals surface area contributed by atoms with Crippen molar-refractivity contribution in [3.63, 3.8) is 0 Å². The standard InChI is InChI=1S/C28H30N4O2/c1-33-25-12-11-21(15-26(25)34-22-9-5-6-10-22)28(18-29)14-13-24-23(16-28)27(32-19-31-24)30-17-20-7-3-2-4-8-20/h2-4,7-8,11-12,15,19,22H,5-6,9-10,13-14,16-17H2,1H3,(H,30,31,32). The first-order valence-corrected chi connectivity index (χ1v) is 12.1. The van der Waals surface area contributed by atoms with Gasteiger partial charge in [-0.2, -0.15) is 5.26 Å². The van der Waals surface area contributed by atoms with E-state index in [-0.39, 0.29) is 6.10 Å². The minimum Gasteiger partial charge on any atom is -0.493 e. The van der Waals surface area contributed by atoms with Gasteiger partial charge in [0, 0.05) is 24.2 Å². The van der Waals surface area contributed by atoms with E-state index in [0.29, 0.717) is 25.1 Å². The van der Waals surface area contributed by atoms with Crippen LogP contribution in [0.5, 0.6) is 11.5 Å². The molecule has 5 rings (SSSR count). The summed E-state index contributed by atoms with van der Waals surface area (Å²) in [5, 5.41) is 13.9. The van der Waals surface area contributed by atoms with Gasteiger partial charge in [-0.15, -0.1) is 0 Å². The molecule has 0 saturated heterocycles. The Labute approximate surface area is 201 Å². The first-order valence-electron chi connectivity index (χ1n) is 12.1. The highest BCUT2D eigenvalue weighted by molar-refractivity contribution is 5.54. The molecule has 1 heterocycles. The van der Waals surface area contributed by atoms with Crippen molar-refractivity contribution in [3.8, 4) is 17.6 Å². The zero-order valence-electron chi connectivity index (χ0n) is 19.6. The average Bonchev–Trinajstić information content (AvgIpc) is 3.41. The highest BCUT2D eigenvalue weighted by atomic mass is 16.5. The van der Waals surface area contributed by atoms with Crippen LogP contribution in [0.2, 0.25) is 0 Å². The lowest BCUT2D eigenvalue weighted by molar-refractivity contribution is 0.200. The molecular formula is C28H30N4O2. The van der Waals surface area contributed by atoms with Gasteiger partial charge in [0.25, 0.3) is 0 Å². The fourth-order valence-corrected chi connectivity index (χ4v) is 5.16. The number of fused-ring (bicyclic) bond motifs is 1. The molecule has 1 saturated carbocycles. The second-order valence-electron chi connectivity index (χ2n) is 9.25. The van der Waals surface area contributed by atoms with Crippen LogP contribution in [-0.4, -0.2) is 23.2 Å². The third kappa shape index (κ3) is 4.43. The van der Waals surface area contributed by atoms with Crippen molar-refractivity contribution in [3.05, 3.63) is 77.2 Å². The average molecular weight is 455 g/mol. The zero-order valence-corrected chi connectivity index (χ0v) is 19.6. The van der Waals surface area contributed by atoms with Gasteiger partial charge >= 0.3 is 0 Å². The van der Waals surface area contributed by atoms with Crippen LogP contribution in [0.25, 0.3) is 0 Å². The van der Waals surface area contributed by atoms with Crippen molar-refractivity contribution < 1.29 is 9.47 Å². The van der Waals surface area contributed by atoms with Crippen molar-refractivity contribution in [2.45, 2.75) is 63.0 Å². The Balaban J connectivity index is 1.44. The normalized spacial score (nSPS) is 19.8. The largest absolute Gasteiger partial charge is 0.493 e. The topological polar surface area (TPSA) is 80.1 Å². The van der Waals surface area contributed by atoms with Crippen molar-refractivity contribution >= 4 is 5.82 Å². The van der Waals surface area contributed by atoms with E-state index < -0.39 is 5.41 Å². The Morgan fingerprint density at radius 3 is 2.68 bits per heavy atom. The van der Waals surface area contributed by atoms with Crippen LogP contribution < -0.4 is 14.8 Å². The number of hydrogen-bond donors (Lipinski definition) is 1. The van der Waals surface area contributed by atoms with Gasteiger partial charge in [0.1, 0.15) is 12.1 Å². The fraction of sp³-hybridized carbons (Fsp3) is 0.393. The third-order valence-corrected chi connectivity index (χ3v) is 7.13. The molecule has 2 aliphatic rings. The van der Waals surface area contributed by atoms with Gasteiger partial charge in [-0.1, -0.05) is 36.4 Å². The quantitative estimate of drug-likeness (QED) is 0.517. The second-order valence-corrected chi connectivity index (χ2v) is 9.25. The van der Waals surface area contributed by atoms with Crippen molar-refractivity contribution in [1.29, 1.82) is 5.26 Å². The molecule has 6 nitrogen and oxygen atoms in total.